The molecule has 7 nitrogen and oxygen atoms in total. The van der Waals surface area contributed by atoms with Crippen LogP contribution in [0.25, 0.3) is 0 Å². The van der Waals surface area contributed by atoms with E-state index in [9.17, 15) is 9.59 Å². The summed E-state index contributed by atoms with van der Waals surface area (Å²) in [5.41, 5.74) is 1.10. The van der Waals surface area contributed by atoms with Crippen molar-refractivity contribution in [2.45, 2.75) is 33.0 Å². The Balaban J connectivity index is 1.91. The van der Waals surface area contributed by atoms with Crippen LogP contribution in [-0.2, 0) is 19.1 Å². The van der Waals surface area contributed by atoms with E-state index in [0.717, 1.165) is 0 Å². The Kier molecular flexibility index (Phi) is 5.95. The van der Waals surface area contributed by atoms with Gasteiger partial charge in [-0.05, 0) is 39.0 Å². The van der Waals surface area contributed by atoms with Gasteiger partial charge < -0.3 is 24.8 Å². The smallest absolute Gasteiger partial charge is 0.265 e. The molecule has 0 saturated carbocycles. The Hall–Kier alpha value is -2.12. The highest BCUT2D eigenvalue weighted by Gasteiger charge is 2.24. The number of fused-ring (bicyclic) bond motifs is 1. The normalized spacial score (nSPS) is 17.7. The number of ether oxygens (including phenoxy) is 3. The molecule has 126 valence electrons. The van der Waals surface area contributed by atoms with Crippen LogP contribution in [0.1, 0.15) is 20.8 Å². The van der Waals surface area contributed by atoms with Crippen molar-refractivity contribution in [1.29, 1.82) is 0 Å². The Labute approximate surface area is 135 Å². The second kappa shape index (κ2) is 7.94. The van der Waals surface area contributed by atoms with Gasteiger partial charge in [-0.3, -0.25) is 9.59 Å². The van der Waals surface area contributed by atoms with Crippen molar-refractivity contribution in [3.63, 3.8) is 0 Å². The first-order chi connectivity index (χ1) is 11.0. The number of carbonyl (C=O) groups is 2. The number of benzene rings is 1. The van der Waals surface area contributed by atoms with E-state index < -0.39 is 12.2 Å². The standard InChI is InChI=1S/C16H22N2O5/c1-4-21-7-8-22-10(2)15(19)17-12-5-6-14-13(9-12)18-16(20)11(3)23-14/h5-6,9-11H,4,7-8H2,1-3H3,(H,17,19)(H,18,20)/t10-,11-/m0/s1. The van der Waals surface area contributed by atoms with Gasteiger partial charge in [-0.15, -0.1) is 0 Å². The maximum Gasteiger partial charge on any atom is 0.265 e. The zero-order valence-electron chi connectivity index (χ0n) is 13.5. The summed E-state index contributed by atoms with van der Waals surface area (Å²) in [6.07, 6.45) is -1.13. The van der Waals surface area contributed by atoms with E-state index in [0.29, 0.717) is 36.9 Å². The Morgan fingerprint density at radius 1 is 1.43 bits per heavy atom. The van der Waals surface area contributed by atoms with E-state index in [-0.39, 0.29) is 11.8 Å². The summed E-state index contributed by atoms with van der Waals surface area (Å²) < 4.78 is 16.0. The Bertz CT molecular complexity index is 576. The molecule has 23 heavy (non-hydrogen) atoms. The minimum absolute atomic E-state index is 0.214. The lowest BCUT2D eigenvalue weighted by atomic mass is 10.2. The molecule has 0 unspecified atom stereocenters. The van der Waals surface area contributed by atoms with E-state index in [1.807, 2.05) is 6.92 Å². The van der Waals surface area contributed by atoms with Gasteiger partial charge in [0.05, 0.1) is 18.9 Å². The molecule has 0 bridgehead atoms. The lowest BCUT2D eigenvalue weighted by Gasteiger charge is -2.24. The molecule has 1 aliphatic heterocycles. The van der Waals surface area contributed by atoms with Crippen LogP contribution >= 0.6 is 0 Å². The van der Waals surface area contributed by atoms with Crippen LogP contribution in [-0.4, -0.2) is 43.8 Å². The second-order valence-electron chi connectivity index (χ2n) is 5.16. The first-order valence-electron chi connectivity index (χ1n) is 7.63. The number of hydrogen-bond acceptors (Lipinski definition) is 5. The fourth-order valence-corrected chi connectivity index (χ4v) is 2.03. The molecule has 0 saturated heterocycles. The largest absolute Gasteiger partial charge is 0.479 e. The van der Waals surface area contributed by atoms with Crippen molar-refractivity contribution in [3.05, 3.63) is 18.2 Å². The van der Waals surface area contributed by atoms with Crippen molar-refractivity contribution in [2.75, 3.05) is 30.5 Å². The van der Waals surface area contributed by atoms with Crippen LogP contribution in [0.3, 0.4) is 0 Å². The van der Waals surface area contributed by atoms with E-state index in [1.165, 1.54) is 0 Å². The van der Waals surface area contributed by atoms with Gasteiger partial charge in [0.15, 0.2) is 6.10 Å². The van der Waals surface area contributed by atoms with Crippen LogP contribution in [0.5, 0.6) is 5.75 Å². The zero-order valence-corrected chi connectivity index (χ0v) is 13.5. The average molecular weight is 322 g/mol. The molecule has 1 heterocycles. The predicted molar refractivity (Wildman–Crippen MR) is 85.7 cm³/mol. The minimum Gasteiger partial charge on any atom is -0.479 e. The molecule has 0 aromatic heterocycles. The maximum atomic E-state index is 12.1. The first-order valence-corrected chi connectivity index (χ1v) is 7.63. The van der Waals surface area contributed by atoms with Crippen LogP contribution in [0.4, 0.5) is 11.4 Å². The zero-order chi connectivity index (χ0) is 16.8. The van der Waals surface area contributed by atoms with Gasteiger partial charge in [-0.25, -0.2) is 0 Å². The molecule has 2 rings (SSSR count). The molecule has 0 aliphatic carbocycles. The van der Waals surface area contributed by atoms with E-state index in [4.69, 9.17) is 14.2 Å². The summed E-state index contributed by atoms with van der Waals surface area (Å²) in [7, 11) is 0. The lowest BCUT2D eigenvalue weighted by Crippen LogP contribution is -2.34. The molecule has 0 fully saturated rings. The highest BCUT2D eigenvalue weighted by atomic mass is 16.5. The third kappa shape index (κ3) is 4.67. The Morgan fingerprint density at radius 2 is 2.22 bits per heavy atom. The number of amides is 2. The number of rotatable bonds is 7. The maximum absolute atomic E-state index is 12.1. The molecule has 1 aromatic rings. The molecule has 2 amide bonds. The van der Waals surface area contributed by atoms with Crippen molar-refractivity contribution < 1.29 is 23.8 Å². The molecule has 1 aromatic carbocycles. The molecule has 0 radical (unpaired) electrons. The highest BCUT2D eigenvalue weighted by molar-refractivity contribution is 5.99. The Morgan fingerprint density at radius 3 is 2.96 bits per heavy atom. The van der Waals surface area contributed by atoms with Gasteiger partial charge in [-0.2, -0.15) is 0 Å². The summed E-state index contributed by atoms with van der Waals surface area (Å²) in [6.45, 7) is 6.67. The fourth-order valence-electron chi connectivity index (χ4n) is 2.03. The van der Waals surface area contributed by atoms with Gasteiger partial charge in [0.25, 0.3) is 11.8 Å². The molecular weight excluding hydrogens is 300 g/mol. The number of nitrogens with one attached hydrogen (secondary N) is 2. The first kappa shape index (κ1) is 17.2. The molecule has 2 N–H and O–H groups in total. The van der Waals surface area contributed by atoms with Gasteiger partial charge in [0.2, 0.25) is 0 Å². The summed E-state index contributed by atoms with van der Waals surface area (Å²) in [6, 6.07) is 5.08. The monoisotopic (exact) mass is 322 g/mol. The molecule has 2 atom stereocenters. The SMILES string of the molecule is CCOCCO[C@@H](C)C(=O)Nc1ccc2c(c1)NC(=O)[C@H](C)O2. The summed E-state index contributed by atoms with van der Waals surface area (Å²) >= 11 is 0. The topological polar surface area (TPSA) is 85.9 Å². The van der Waals surface area contributed by atoms with Gasteiger partial charge >= 0.3 is 0 Å². The highest BCUT2D eigenvalue weighted by Crippen LogP contribution is 2.32. The van der Waals surface area contributed by atoms with Crippen LogP contribution in [0.2, 0.25) is 0 Å². The van der Waals surface area contributed by atoms with Crippen molar-refractivity contribution in [3.8, 4) is 5.75 Å². The van der Waals surface area contributed by atoms with E-state index in [1.54, 1.807) is 32.0 Å². The second-order valence-corrected chi connectivity index (χ2v) is 5.16. The summed E-state index contributed by atoms with van der Waals surface area (Å²) in [5, 5.41) is 5.48. The van der Waals surface area contributed by atoms with Crippen LogP contribution in [0.15, 0.2) is 18.2 Å². The van der Waals surface area contributed by atoms with Crippen molar-refractivity contribution in [2.24, 2.45) is 0 Å². The summed E-state index contributed by atoms with van der Waals surface area (Å²) in [4.78, 5) is 23.7. The third-order valence-electron chi connectivity index (χ3n) is 3.35. The fraction of sp³-hybridized carbons (Fsp3) is 0.500. The molecule has 0 spiro atoms. The average Bonchev–Trinajstić information content (AvgIpc) is 2.52. The van der Waals surface area contributed by atoms with Crippen molar-refractivity contribution >= 4 is 23.2 Å². The molecular formula is C16H22N2O5. The number of hydrogen-bond donors (Lipinski definition) is 2. The third-order valence-corrected chi connectivity index (χ3v) is 3.35. The molecule has 1 aliphatic rings. The van der Waals surface area contributed by atoms with Gasteiger partial charge in [0.1, 0.15) is 11.9 Å². The van der Waals surface area contributed by atoms with Crippen LogP contribution < -0.4 is 15.4 Å². The van der Waals surface area contributed by atoms with E-state index in [2.05, 4.69) is 10.6 Å². The van der Waals surface area contributed by atoms with Gasteiger partial charge in [-0.1, -0.05) is 0 Å². The van der Waals surface area contributed by atoms with Crippen molar-refractivity contribution in [1.82, 2.24) is 0 Å². The number of carbonyl (C=O) groups excluding carboxylic acids is 2. The minimum atomic E-state index is -0.600. The van der Waals surface area contributed by atoms with E-state index >= 15 is 0 Å². The lowest BCUT2D eigenvalue weighted by molar-refractivity contribution is -0.127. The number of anilines is 2. The predicted octanol–water partition coefficient (Wildman–Crippen LogP) is 1.79. The van der Waals surface area contributed by atoms with Gasteiger partial charge in [0, 0.05) is 12.3 Å². The summed E-state index contributed by atoms with van der Waals surface area (Å²) in [5.74, 6) is 0.0996. The van der Waals surface area contributed by atoms with Crippen LogP contribution in [0, 0.1) is 0 Å². The quantitative estimate of drug-likeness (QED) is 0.748. The molecule has 7 heteroatoms.